The van der Waals surface area contributed by atoms with Crippen LogP contribution >= 0.6 is 11.3 Å². The molecule has 1 N–H and O–H groups in total. The average molecular weight is 331 g/mol. The molecule has 23 heavy (non-hydrogen) atoms. The summed E-state index contributed by atoms with van der Waals surface area (Å²) in [4.78, 5) is 16.1. The number of hydrogen-bond donors (Lipinski definition) is 1. The first-order valence-corrected chi connectivity index (χ1v) is 8.20. The lowest BCUT2D eigenvalue weighted by atomic mass is 10.2. The van der Waals surface area contributed by atoms with E-state index in [2.05, 4.69) is 29.1 Å². The molecule has 6 nitrogen and oxygen atoms in total. The van der Waals surface area contributed by atoms with Crippen molar-refractivity contribution in [2.45, 2.75) is 26.7 Å². The van der Waals surface area contributed by atoms with E-state index in [9.17, 15) is 9.90 Å². The summed E-state index contributed by atoms with van der Waals surface area (Å²) in [5.41, 5.74) is 1.88. The van der Waals surface area contributed by atoms with Crippen LogP contribution in [0, 0.1) is 6.92 Å². The maximum absolute atomic E-state index is 11.2. The molecule has 0 aliphatic heterocycles. The van der Waals surface area contributed by atoms with E-state index in [-0.39, 0.29) is 5.69 Å². The maximum atomic E-state index is 11.2. The number of aryl methyl sites for hydroxylation is 2. The normalized spacial score (nSPS) is 11.0. The third-order valence-corrected chi connectivity index (χ3v) is 4.51. The molecule has 0 amide bonds. The number of aromatic carboxylic acids is 1. The van der Waals surface area contributed by atoms with Gasteiger partial charge in [-0.1, -0.05) is 30.4 Å². The lowest BCUT2D eigenvalue weighted by Gasteiger charge is -2.05. The zero-order valence-corrected chi connectivity index (χ0v) is 13.8. The number of imidazole rings is 1. The highest BCUT2D eigenvalue weighted by atomic mass is 32.1. The highest BCUT2D eigenvalue weighted by molar-refractivity contribution is 7.16. The summed E-state index contributed by atoms with van der Waals surface area (Å²) in [6, 6.07) is 8.02. The number of carboxylic acid groups (broad SMARTS) is 1. The number of fused-ring (bicyclic) bond motifs is 1. The van der Waals surface area contributed by atoms with Gasteiger partial charge in [-0.3, -0.25) is 0 Å². The first-order chi connectivity index (χ1) is 11.1. The van der Waals surface area contributed by atoms with Gasteiger partial charge in [0.2, 0.25) is 4.96 Å². The summed E-state index contributed by atoms with van der Waals surface area (Å²) in [7, 11) is 0. The van der Waals surface area contributed by atoms with Gasteiger partial charge in [0.1, 0.15) is 10.8 Å². The summed E-state index contributed by atoms with van der Waals surface area (Å²) in [6.45, 7) is 4.28. The molecule has 0 atom stereocenters. The Kier molecular flexibility index (Phi) is 4.29. The van der Waals surface area contributed by atoms with Gasteiger partial charge in [0.05, 0.1) is 12.3 Å². The Morgan fingerprint density at radius 2 is 2.09 bits per heavy atom. The van der Waals surface area contributed by atoms with Crippen LogP contribution in [0.4, 0.5) is 0 Å². The van der Waals surface area contributed by atoms with E-state index in [0.29, 0.717) is 23.7 Å². The molecule has 3 rings (SSSR count). The van der Waals surface area contributed by atoms with Crippen LogP contribution in [0.3, 0.4) is 0 Å². The van der Waals surface area contributed by atoms with E-state index in [1.165, 1.54) is 21.4 Å². The highest BCUT2D eigenvalue weighted by Crippen LogP contribution is 2.19. The third-order valence-electron chi connectivity index (χ3n) is 3.54. The van der Waals surface area contributed by atoms with Crippen molar-refractivity contribution < 1.29 is 14.6 Å². The first-order valence-electron chi connectivity index (χ1n) is 7.38. The van der Waals surface area contributed by atoms with Crippen LogP contribution in [0.25, 0.3) is 4.96 Å². The van der Waals surface area contributed by atoms with Crippen LogP contribution in [0.2, 0.25) is 0 Å². The zero-order valence-electron chi connectivity index (χ0n) is 12.9. The quantitative estimate of drug-likeness (QED) is 0.751. The van der Waals surface area contributed by atoms with Gasteiger partial charge in [0.15, 0.2) is 5.69 Å². The third kappa shape index (κ3) is 3.19. The van der Waals surface area contributed by atoms with Crippen molar-refractivity contribution in [1.82, 2.24) is 14.6 Å². The molecule has 7 heteroatoms. The average Bonchev–Trinajstić information content (AvgIpc) is 3.03. The fraction of sp³-hybridized carbons (Fsp3) is 0.312. The second kappa shape index (κ2) is 6.37. The smallest absolute Gasteiger partial charge is 0.356 e. The molecule has 2 heterocycles. The molecule has 0 saturated heterocycles. The van der Waals surface area contributed by atoms with E-state index in [4.69, 9.17) is 4.74 Å². The number of carbonyl (C=O) groups is 1. The van der Waals surface area contributed by atoms with Gasteiger partial charge in [0, 0.05) is 6.42 Å². The Hall–Kier alpha value is -2.41. The van der Waals surface area contributed by atoms with Gasteiger partial charge >= 0.3 is 5.97 Å². The number of aromatic nitrogens is 3. The van der Waals surface area contributed by atoms with Crippen LogP contribution < -0.4 is 4.74 Å². The van der Waals surface area contributed by atoms with Crippen LogP contribution in [-0.2, 0) is 12.8 Å². The Morgan fingerprint density at radius 1 is 1.35 bits per heavy atom. The van der Waals surface area contributed by atoms with Crippen molar-refractivity contribution in [2.75, 3.05) is 6.61 Å². The fourth-order valence-electron chi connectivity index (χ4n) is 2.31. The van der Waals surface area contributed by atoms with Crippen molar-refractivity contribution >= 4 is 22.3 Å². The molecule has 1 aromatic carbocycles. The molecule has 0 fully saturated rings. The van der Waals surface area contributed by atoms with E-state index in [1.54, 1.807) is 6.92 Å². The van der Waals surface area contributed by atoms with Crippen molar-refractivity contribution in [3.05, 3.63) is 46.2 Å². The molecule has 0 saturated carbocycles. The Balaban J connectivity index is 1.66. The maximum Gasteiger partial charge on any atom is 0.356 e. The Morgan fingerprint density at radius 3 is 2.74 bits per heavy atom. The van der Waals surface area contributed by atoms with E-state index in [0.717, 1.165) is 17.2 Å². The number of hydrogen-bond acceptors (Lipinski definition) is 5. The SMILES string of the molecule is CCc1ccc(OCCc2nn3c(C(=O)O)c(C)nc3s2)cc1. The number of benzene rings is 1. The molecule has 0 aliphatic carbocycles. The fourth-order valence-corrected chi connectivity index (χ4v) is 3.23. The minimum atomic E-state index is -1.01. The van der Waals surface area contributed by atoms with Crippen LogP contribution in [0.1, 0.15) is 33.7 Å². The molecular weight excluding hydrogens is 314 g/mol. The number of rotatable bonds is 6. The van der Waals surface area contributed by atoms with Gasteiger partial charge in [-0.15, -0.1) is 0 Å². The predicted molar refractivity (Wildman–Crippen MR) is 87.6 cm³/mol. The first kappa shape index (κ1) is 15.5. The lowest BCUT2D eigenvalue weighted by Crippen LogP contribution is -2.06. The van der Waals surface area contributed by atoms with E-state index in [1.807, 2.05) is 12.1 Å². The van der Waals surface area contributed by atoms with E-state index < -0.39 is 5.97 Å². The summed E-state index contributed by atoms with van der Waals surface area (Å²) in [5.74, 6) is -0.190. The van der Waals surface area contributed by atoms with Gasteiger partial charge in [-0.05, 0) is 31.0 Å². The number of nitrogens with zero attached hydrogens (tertiary/aromatic N) is 3. The van der Waals surface area contributed by atoms with Crippen molar-refractivity contribution in [2.24, 2.45) is 0 Å². The van der Waals surface area contributed by atoms with Crippen molar-refractivity contribution in [1.29, 1.82) is 0 Å². The molecule has 2 aromatic heterocycles. The predicted octanol–water partition coefficient (Wildman–Crippen LogP) is 2.98. The molecule has 0 bridgehead atoms. The van der Waals surface area contributed by atoms with E-state index >= 15 is 0 Å². The second-order valence-electron chi connectivity index (χ2n) is 5.14. The van der Waals surface area contributed by atoms with Crippen LogP contribution in [-0.4, -0.2) is 32.3 Å². The van der Waals surface area contributed by atoms with Gasteiger partial charge in [0.25, 0.3) is 0 Å². The van der Waals surface area contributed by atoms with Crippen LogP contribution in [0.5, 0.6) is 5.75 Å². The monoisotopic (exact) mass is 331 g/mol. The zero-order chi connectivity index (χ0) is 16.4. The highest BCUT2D eigenvalue weighted by Gasteiger charge is 2.19. The number of carboxylic acids is 1. The molecule has 0 unspecified atom stereocenters. The summed E-state index contributed by atoms with van der Waals surface area (Å²) in [6.07, 6.45) is 1.62. The molecule has 3 aromatic rings. The van der Waals surface area contributed by atoms with Gasteiger partial charge in [-0.2, -0.15) is 9.61 Å². The van der Waals surface area contributed by atoms with Crippen molar-refractivity contribution in [3.63, 3.8) is 0 Å². The lowest BCUT2D eigenvalue weighted by molar-refractivity contribution is 0.0687. The van der Waals surface area contributed by atoms with Crippen molar-refractivity contribution in [3.8, 4) is 5.75 Å². The summed E-state index contributed by atoms with van der Waals surface area (Å²) >= 11 is 1.39. The Labute approximate surface area is 137 Å². The molecule has 120 valence electrons. The molecule has 0 radical (unpaired) electrons. The minimum Gasteiger partial charge on any atom is -0.493 e. The minimum absolute atomic E-state index is 0.124. The van der Waals surface area contributed by atoms with Gasteiger partial charge in [-0.25, -0.2) is 9.78 Å². The molecule has 0 aliphatic rings. The standard InChI is InChI=1S/C16H17N3O3S/c1-3-11-4-6-12(7-5-11)22-9-8-13-18-19-14(15(20)21)10(2)17-16(19)23-13/h4-7H,3,8-9H2,1-2H3,(H,20,21). The van der Waals surface area contributed by atoms with Crippen LogP contribution in [0.15, 0.2) is 24.3 Å². The molecule has 0 spiro atoms. The Bertz CT molecular complexity index is 836. The van der Waals surface area contributed by atoms with Gasteiger partial charge < -0.3 is 9.84 Å². The topological polar surface area (TPSA) is 76.7 Å². The second-order valence-corrected chi connectivity index (χ2v) is 6.18. The summed E-state index contributed by atoms with van der Waals surface area (Å²) < 4.78 is 7.10. The largest absolute Gasteiger partial charge is 0.493 e. The summed E-state index contributed by atoms with van der Waals surface area (Å²) in [5, 5.41) is 14.3. The molecular formula is C16H17N3O3S. The number of ether oxygens (including phenoxy) is 1.